The number of nitrogens with zero attached hydrogens (tertiary/aromatic N) is 1. The van der Waals surface area contributed by atoms with E-state index in [4.69, 9.17) is 4.74 Å². The van der Waals surface area contributed by atoms with E-state index in [2.05, 4.69) is 10.3 Å². The fourth-order valence-corrected chi connectivity index (χ4v) is 4.19. The van der Waals surface area contributed by atoms with Crippen molar-refractivity contribution in [1.82, 2.24) is 4.98 Å². The summed E-state index contributed by atoms with van der Waals surface area (Å²) in [6.07, 6.45) is 3.66. The molecule has 3 aromatic rings. The monoisotopic (exact) mass is 448 g/mol. The molecule has 0 bridgehead atoms. The van der Waals surface area contributed by atoms with Gasteiger partial charge in [0.25, 0.3) is 0 Å². The predicted octanol–water partition coefficient (Wildman–Crippen LogP) is 4.66. The maximum atomic E-state index is 13.2. The fraction of sp³-hybridized carbons (Fsp3) is 0.200. The Morgan fingerprint density at radius 3 is 2.44 bits per heavy atom. The number of benzene rings is 2. The van der Waals surface area contributed by atoms with Crippen molar-refractivity contribution in [2.45, 2.75) is 31.6 Å². The summed E-state index contributed by atoms with van der Waals surface area (Å²) in [5.74, 6) is -0.822. The first-order valence-electron chi connectivity index (χ1n) is 10.1. The van der Waals surface area contributed by atoms with Crippen LogP contribution in [0.3, 0.4) is 0 Å². The van der Waals surface area contributed by atoms with Crippen molar-refractivity contribution in [3.63, 3.8) is 0 Å². The first-order valence-corrected chi connectivity index (χ1v) is 10.9. The van der Waals surface area contributed by atoms with Crippen LogP contribution >= 0.6 is 11.8 Å². The van der Waals surface area contributed by atoms with Crippen LogP contribution in [0.4, 0.5) is 5.69 Å². The molecule has 0 spiro atoms. The van der Waals surface area contributed by atoms with E-state index in [1.54, 1.807) is 49.6 Å². The molecule has 1 amide bonds. The van der Waals surface area contributed by atoms with Crippen LogP contribution in [-0.2, 0) is 27.4 Å². The van der Waals surface area contributed by atoms with E-state index in [0.29, 0.717) is 17.7 Å². The van der Waals surface area contributed by atoms with Gasteiger partial charge in [-0.2, -0.15) is 0 Å². The van der Waals surface area contributed by atoms with Gasteiger partial charge in [-0.25, -0.2) is 4.79 Å². The maximum Gasteiger partial charge on any atom is 0.338 e. The Labute approximate surface area is 191 Å². The summed E-state index contributed by atoms with van der Waals surface area (Å²) in [6, 6.07) is 19.7. The molecule has 0 saturated heterocycles. The number of thioether (sulfide) groups is 1. The van der Waals surface area contributed by atoms with Gasteiger partial charge < -0.3 is 10.1 Å². The van der Waals surface area contributed by atoms with Gasteiger partial charge in [-0.05, 0) is 43.2 Å². The molecule has 0 saturated carbocycles. The molecule has 0 aliphatic carbocycles. The topological polar surface area (TPSA) is 85.4 Å². The quantitative estimate of drug-likeness (QED) is 0.505. The van der Waals surface area contributed by atoms with E-state index in [9.17, 15) is 14.4 Å². The Kier molecular flexibility index (Phi) is 7.78. The number of nitrogens with one attached hydrogen (secondary N) is 1. The summed E-state index contributed by atoms with van der Waals surface area (Å²) in [4.78, 5) is 41.4. The zero-order chi connectivity index (χ0) is 23.0. The predicted molar refractivity (Wildman–Crippen MR) is 125 cm³/mol. The third-order valence-corrected chi connectivity index (χ3v) is 5.75. The minimum Gasteiger partial charge on any atom is -0.457 e. The van der Waals surface area contributed by atoms with Gasteiger partial charge in [-0.1, -0.05) is 54.2 Å². The van der Waals surface area contributed by atoms with Crippen molar-refractivity contribution in [2.24, 2.45) is 0 Å². The number of hydrogen-bond donors (Lipinski definition) is 1. The number of hydrogen-bond acceptors (Lipinski definition) is 6. The first kappa shape index (κ1) is 23.2. The average Bonchev–Trinajstić information content (AvgIpc) is 2.78. The van der Waals surface area contributed by atoms with Crippen molar-refractivity contribution in [1.29, 1.82) is 0 Å². The lowest BCUT2D eigenvalue weighted by Crippen LogP contribution is -2.40. The van der Waals surface area contributed by atoms with Gasteiger partial charge >= 0.3 is 5.97 Å². The van der Waals surface area contributed by atoms with Gasteiger partial charge in [-0.15, -0.1) is 0 Å². The van der Waals surface area contributed by atoms with E-state index >= 15 is 0 Å². The van der Waals surface area contributed by atoms with Crippen LogP contribution in [0.1, 0.15) is 35.3 Å². The molecule has 1 aromatic heterocycles. The Bertz CT molecular complexity index is 1090. The number of carbonyl (C=O) groups excluding carboxylic acids is 3. The van der Waals surface area contributed by atoms with Gasteiger partial charge in [0.15, 0.2) is 5.12 Å². The van der Waals surface area contributed by atoms with Crippen molar-refractivity contribution in [2.75, 3.05) is 5.32 Å². The van der Waals surface area contributed by atoms with Crippen LogP contribution in [0.5, 0.6) is 0 Å². The lowest BCUT2D eigenvalue weighted by Gasteiger charge is -2.27. The SMILES string of the molecule is CC(=O)SC(C)(Cc1ccccc1)C(=O)Nc1cccc(C(=O)OCc2cccnc2)c1. The molecule has 7 heteroatoms. The second kappa shape index (κ2) is 10.7. The minimum atomic E-state index is -1.01. The number of pyridine rings is 1. The van der Waals surface area contributed by atoms with Crippen LogP contribution in [0, 0.1) is 0 Å². The highest BCUT2D eigenvalue weighted by atomic mass is 32.2. The molecule has 32 heavy (non-hydrogen) atoms. The number of rotatable bonds is 8. The molecule has 1 atom stereocenters. The van der Waals surface area contributed by atoms with Gasteiger partial charge in [0, 0.05) is 30.6 Å². The molecule has 3 rings (SSSR count). The molecule has 1 unspecified atom stereocenters. The highest BCUT2D eigenvalue weighted by Gasteiger charge is 2.36. The van der Waals surface area contributed by atoms with E-state index in [1.807, 2.05) is 36.4 Å². The smallest absolute Gasteiger partial charge is 0.338 e. The van der Waals surface area contributed by atoms with Gasteiger partial charge in [-0.3, -0.25) is 14.6 Å². The summed E-state index contributed by atoms with van der Waals surface area (Å²) < 4.78 is 4.32. The van der Waals surface area contributed by atoms with Crippen LogP contribution in [0.2, 0.25) is 0 Å². The molecule has 6 nitrogen and oxygen atoms in total. The van der Waals surface area contributed by atoms with E-state index in [-0.39, 0.29) is 17.6 Å². The Morgan fingerprint density at radius 2 is 1.75 bits per heavy atom. The van der Waals surface area contributed by atoms with Crippen molar-refractivity contribution in [3.05, 3.63) is 95.8 Å². The van der Waals surface area contributed by atoms with Crippen molar-refractivity contribution in [3.8, 4) is 0 Å². The normalized spacial score (nSPS) is 12.4. The van der Waals surface area contributed by atoms with Crippen LogP contribution in [-0.4, -0.2) is 26.7 Å². The highest BCUT2D eigenvalue weighted by Crippen LogP contribution is 2.31. The Balaban J connectivity index is 1.71. The fourth-order valence-electron chi connectivity index (χ4n) is 3.17. The number of aromatic nitrogens is 1. The molecule has 1 heterocycles. The van der Waals surface area contributed by atoms with E-state index < -0.39 is 10.7 Å². The van der Waals surface area contributed by atoms with Gasteiger partial charge in [0.1, 0.15) is 11.4 Å². The van der Waals surface area contributed by atoms with E-state index in [1.165, 1.54) is 6.92 Å². The Hall–Kier alpha value is -3.45. The lowest BCUT2D eigenvalue weighted by molar-refractivity contribution is -0.118. The molecule has 0 aliphatic rings. The average molecular weight is 449 g/mol. The summed E-state index contributed by atoms with van der Waals surface area (Å²) >= 11 is 0.992. The van der Waals surface area contributed by atoms with Crippen molar-refractivity contribution >= 4 is 34.4 Å². The highest BCUT2D eigenvalue weighted by molar-refractivity contribution is 8.15. The molecule has 1 N–H and O–H groups in total. The number of esters is 1. The molecular weight excluding hydrogens is 424 g/mol. The van der Waals surface area contributed by atoms with E-state index in [0.717, 1.165) is 22.9 Å². The zero-order valence-electron chi connectivity index (χ0n) is 17.9. The first-order chi connectivity index (χ1) is 15.4. The van der Waals surface area contributed by atoms with Gasteiger partial charge in [0.05, 0.1) is 5.56 Å². The molecule has 0 fully saturated rings. The van der Waals surface area contributed by atoms with Gasteiger partial charge in [0.2, 0.25) is 5.91 Å². The zero-order valence-corrected chi connectivity index (χ0v) is 18.7. The standard InChI is InChI=1S/C25H24N2O4S/c1-18(28)32-25(2,15-19-8-4-3-5-9-19)24(30)27-22-12-6-11-21(14-22)23(29)31-17-20-10-7-13-26-16-20/h3-14,16H,15,17H2,1-2H3,(H,27,30). The summed E-state index contributed by atoms with van der Waals surface area (Å²) in [5.41, 5.74) is 2.50. The van der Waals surface area contributed by atoms with Crippen LogP contribution in [0.15, 0.2) is 79.1 Å². The third-order valence-electron chi connectivity index (χ3n) is 4.68. The molecule has 0 aliphatic heterocycles. The number of carbonyl (C=O) groups is 3. The summed E-state index contributed by atoms with van der Waals surface area (Å²) in [6.45, 7) is 3.29. The van der Waals surface area contributed by atoms with Crippen LogP contribution < -0.4 is 5.32 Å². The number of anilines is 1. The molecule has 164 valence electrons. The Morgan fingerprint density at radius 1 is 1.00 bits per heavy atom. The summed E-state index contributed by atoms with van der Waals surface area (Å²) in [7, 11) is 0. The second-order valence-electron chi connectivity index (χ2n) is 7.46. The van der Waals surface area contributed by atoms with Crippen LogP contribution in [0.25, 0.3) is 0 Å². The summed E-state index contributed by atoms with van der Waals surface area (Å²) in [5, 5.41) is 2.70. The number of amides is 1. The second-order valence-corrected chi connectivity index (χ2v) is 9.14. The molecule has 2 aromatic carbocycles. The maximum absolute atomic E-state index is 13.2. The van der Waals surface area contributed by atoms with Crippen molar-refractivity contribution < 1.29 is 19.1 Å². The number of ether oxygens (including phenoxy) is 1. The minimum absolute atomic E-state index is 0.105. The largest absolute Gasteiger partial charge is 0.457 e. The molecule has 0 radical (unpaired) electrons. The molecular formula is C25H24N2O4S. The lowest BCUT2D eigenvalue weighted by atomic mass is 9.99. The third kappa shape index (κ3) is 6.52.